The summed E-state index contributed by atoms with van der Waals surface area (Å²) >= 11 is 1.22. The number of nitrogens with zero attached hydrogens (tertiary/aromatic N) is 5. The first-order valence-corrected chi connectivity index (χ1v) is 7.78. The van der Waals surface area contributed by atoms with Gasteiger partial charge in [0.25, 0.3) is 0 Å². The molecule has 0 bridgehead atoms. The molecule has 2 aromatic heterocycles. The van der Waals surface area contributed by atoms with Crippen LogP contribution in [0.4, 0.5) is 0 Å². The Morgan fingerprint density at radius 1 is 1.48 bits per heavy atom. The lowest BCUT2D eigenvalue weighted by Gasteiger charge is -2.13. The van der Waals surface area contributed by atoms with Gasteiger partial charge in [0.1, 0.15) is 6.33 Å². The molecule has 0 saturated heterocycles. The standard InChI is InChI=1S/C13H19N5O2S/c1-4-17-8-15-16-11(17)6-18-10(9(2)3)5-14-13(18)21-7-12(19)20/h5,8-9H,4,6-7H2,1-3H3,(H,19,20). The van der Waals surface area contributed by atoms with Gasteiger partial charge in [-0.2, -0.15) is 0 Å². The molecule has 0 amide bonds. The van der Waals surface area contributed by atoms with Gasteiger partial charge in [-0.25, -0.2) is 4.98 Å². The molecule has 114 valence electrons. The van der Waals surface area contributed by atoms with Gasteiger partial charge in [-0.05, 0) is 12.8 Å². The number of rotatable bonds is 7. The van der Waals surface area contributed by atoms with E-state index in [-0.39, 0.29) is 5.75 Å². The number of imidazole rings is 1. The van der Waals surface area contributed by atoms with Crippen molar-refractivity contribution in [2.45, 2.75) is 44.9 Å². The first kappa shape index (κ1) is 15.6. The topological polar surface area (TPSA) is 85.8 Å². The number of aliphatic carboxylic acids is 1. The summed E-state index contributed by atoms with van der Waals surface area (Å²) in [6.45, 7) is 7.55. The van der Waals surface area contributed by atoms with Gasteiger partial charge in [0.05, 0.1) is 12.3 Å². The zero-order valence-electron chi connectivity index (χ0n) is 12.4. The van der Waals surface area contributed by atoms with Crippen LogP contribution in [0.5, 0.6) is 0 Å². The molecule has 8 heteroatoms. The predicted octanol–water partition coefficient (Wildman–Crippen LogP) is 1.84. The first-order chi connectivity index (χ1) is 10.0. The number of carbonyl (C=O) groups is 1. The summed E-state index contributed by atoms with van der Waals surface area (Å²) in [4.78, 5) is 15.1. The monoisotopic (exact) mass is 309 g/mol. The number of hydrogen-bond acceptors (Lipinski definition) is 5. The van der Waals surface area contributed by atoms with Crippen molar-refractivity contribution in [3.8, 4) is 0 Å². The molecular weight excluding hydrogens is 290 g/mol. The molecular formula is C13H19N5O2S. The normalized spacial score (nSPS) is 11.2. The van der Waals surface area contributed by atoms with Gasteiger partial charge in [-0.15, -0.1) is 10.2 Å². The zero-order valence-corrected chi connectivity index (χ0v) is 13.2. The average molecular weight is 309 g/mol. The van der Waals surface area contributed by atoms with Crippen molar-refractivity contribution in [3.05, 3.63) is 24.0 Å². The molecule has 21 heavy (non-hydrogen) atoms. The Kier molecular flexibility index (Phi) is 5.00. The third-order valence-electron chi connectivity index (χ3n) is 3.10. The fourth-order valence-electron chi connectivity index (χ4n) is 2.04. The van der Waals surface area contributed by atoms with E-state index in [0.717, 1.165) is 18.1 Å². The number of aromatic nitrogens is 5. The highest BCUT2D eigenvalue weighted by Gasteiger charge is 2.16. The van der Waals surface area contributed by atoms with Crippen molar-refractivity contribution in [1.82, 2.24) is 24.3 Å². The van der Waals surface area contributed by atoms with E-state index in [9.17, 15) is 4.79 Å². The molecule has 0 atom stereocenters. The third-order valence-corrected chi connectivity index (χ3v) is 4.08. The molecule has 0 aromatic carbocycles. The SMILES string of the molecule is CCn1cnnc1Cn1c(C(C)C)cnc1SCC(=O)O. The summed E-state index contributed by atoms with van der Waals surface area (Å²) in [5.41, 5.74) is 1.06. The summed E-state index contributed by atoms with van der Waals surface area (Å²) < 4.78 is 3.99. The Labute approximate surface area is 127 Å². The highest BCUT2D eigenvalue weighted by molar-refractivity contribution is 7.99. The minimum absolute atomic E-state index is 0.00494. The molecule has 2 heterocycles. The maximum atomic E-state index is 10.8. The third kappa shape index (κ3) is 3.63. The molecule has 0 spiro atoms. The van der Waals surface area contributed by atoms with E-state index in [4.69, 9.17) is 5.11 Å². The Bertz CT molecular complexity index is 620. The van der Waals surface area contributed by atoms with Gasteiger partial charge in [0.2, 0.25) is 0 Å². The molecule has 0 aliphatic carbocycles. The van der Waals surface area contributed by atoms with E-state index >= 15 is 0 Å². The van der Waals surface area contributed by atoms with Gasteiger partial charge in [-0.3, -0.25) is 4.79 Å². The minimum atomic E-state index is -0.850. The molecule has 0 saturated carbocycles. The number of carboxylic acid groups (broad SMARTS) is 1. The van der Waals surface area contributed by atoms with Crippen LogP contribution in [0.2, 0.25) is 0 Å². The number of carboxylic acids is 1. The maximum Gasteiger partial charge on any atom is 0.313 e. The summed E-state index contributed by atoms with van der Waals surface area (Å²) in [7, 11) is 0. The first-order valence-electron chi connectivity index (χ1n) is 6.79. The lowest BCUT2D eigenvalue weighted by atomic mass is 10.1. The van der Waals surface area contributed by atoms with Crippen LogP contribution in [0.3, 0.4) is 0 Å². The summed E-state index contributed by atoms with van der Waals surface area (Å²) in [6, 6.07) is 0. The summed E-state index contributed by atoms with van der Waals surface area (Å²) in [5, 5.41) is 17.6. The molecule has 0 unspecified atom stereocenters. The van der Waals surface area contributed by atoms with Crippen LogP contribution in [0.15, 0.2) is 17.7 Å². The van der Waals surface area contributed by atoms with E-state index in [1.807, 2.05) is 22.3 Å². The van der Waals surface area contributed by atoms with Crippen LogP contribution in [-0.2, 0) is 17.9 Å². The van der Waals surface area contributed by atoms with Crippen molar-refractivity contribution in [3.63, 3.8) is 0 Å². The largest absolute Gasteiger partial charge is 0.481 e. The number of hydrogen-bond donors (Lipinski definition) is 1. The van der Waals surface area contributed by atoms with Gasteiger partial charge in [-0.1, -0.05) is 25.6 Å². The van der Waals surface area contributed by atoms with Crippen LogP contribution in [0.25, 0.3) is 0 Å². The molecule has 1 N–H and O–H groups in total. The molecule has 2 rings (SSSR count). The van der Waals surface area contributed by atoms with Gasteiger partial charge >= 0.3 is 5.97 Å². The van der Waals surface area contributed by atoms with Crippen molar-refractivity contribution in [2.75, 3.05) is 5.75 Å². The molecule has 7 nitrogen and oxygen atoms in total. The molecule has 0 aliphatic rings. The smallest absolute Gasteiger partial charge is 0.313 e. The molecule has 0 aliphatic heterocycles. The highest BCUT2D eigenvalue weighted by Crippen LogP contribution is 2.24. The molecule has 0 fully saturated rings. The van der Waals surface area contributed by atoms with Crippen LogP contribution in [0.1, 0.15) is 38.2 Å². The summed E-state index contributed by atoms with van der Waals surface area (Å²) in [5.74, 6) is 0.288. The van der Waals surface area contributed by atoms with Crippen molar-refractivity contribution >= 4 is 17.7 Å². The van der Waals surface area contributed by atoms with E-state index in [1.165, 1.54) is 11.8 Å². The fraction of sp³-hybridized carbons (Fsp3) is 0.538. The second-order valence-electron chi connectivity index (χ2n) is 4.92. The number of aryl methyl sites for hydroxylation is 1. The van der Waals surface area contributed by atoms with Crippen LogP contribution >= 0.6 is 11.8 Å². The predicted molar refractivity (Wildman–Crippen MR) is 79.5 cm³/mol. The second kappa shape index (κ2) is 6.75. The van der Waals surface area contributed by atoms with Crippen LogP contribution in [0, 0.1) is 0 Å². The fourth-order valence-corrected chi connectivity index (χ4v) is 2.74. The van der Waals surface area contributed by atoms with E-state index < -0.39 is 5.97 Å². The lowest BCUT2D eigenvalue weighted by Crippen LogP contribution is -2.12. The summed E-state index contributed by atoms with van der Waals surface area (Å²) in [6.07, 6.45) is 3.51. The van der Waals surface area contributed by atoms with Crippen LogP contribution < -0.4 is 0 Å². The lowest BCUT2D eigenvalue weighted by molar-refractivity contribution is -0.133. The minimum Gasteiger partial charge on any atom is -0.481 e. The maximum absolute atomic E-state index is 10.8. The second-order valence-corrected chi connectivity index (χ2v) is 5.86. The Morgan fingerprint density at radius 2 is 2.24 bits per heavy atom. The van der Waals surface area contributed by atoms with Gasteiger partial charge in [0.15, 0.2) is 11.0 Å². The van der Waals surface area contributed by atoms with E-state index in [0.29, 0.717) is 17.6 Å². The molecule has 0 radical (unpaired) electrons. The van der Waals surface area contributed by atoms with E-state index in [2.05, 4.69) is 29.0 Å². The average Bonchev–Trinajstić information content (AvgIpc) is 3.03. The number of thioether (sulfide) groups is 1. The van der Waals surface area contributed by atoms with Crippen molar-refractivity contribution in [2.24, 2.45) is 0 Å². The van der Waals surface area contributed by atoms with Gasteiger partial charge < -0.3 is 14.2 Å². The highest BCUT2D eigenvalue weighted by atomic mass is 32.2. The van der Waals surface area contributed by atoms with Gasteiger partial charge in [0, 0.05) is 18.4 Å². The zero-order chi connectivity index (χ0) is 15.4. The van der Waals surface area contributed by atoms with E-state index in [1.54, 1.807) is 6.33 Å². The van der Waals surface area contributed by atoms with Crippen molar-refractivity contribution < 1.29 is 9.90 Å². The quantitative estimate of drug-likeness (QED) is 0.785. The van der Waals surface area contributed by atoms with Crippen LogP contribution in [-0.4, -0.2) is 41.1 Å². The Morgan fingerprint density at radius 3 is 2.86 bits per heavy atom. The Hall–Kier alpha value is -1.83. The Balaban J connectivity index is 2.30. The molecule has 2 aromatic rings. The van der Waals surface area contributed by atoms with Crippen molar-refractivity contribution in [1.29, 1.82) is 0 Å².